The Hall–Kier alpha value is -0.260. The summed E-state index contributed by atoms with van der Waals surface area (Å²) in [5.74, 6) is 0.0886. The second-order valence-electron chi connectivity index (χ2n) is 3.34. The molecule has 102 valence electrons. The van der Waals surface area contributed by atoms with E-state index in [4.69, 9.17) is 27.9 Å². The SMILES string of the molecule is CCCOc1cc(Cl)c(Cl)c(CBr)c1OC(F)F. The van der Waals surface area contributed by atoms with Gasteiger partial charge in [0.05, 0.1) is 16.7 Å². The maximum atomic E-state index is 12.4. The Balaban J connectivity index is 3.24. The van der Waals surface area contributed by atoms with Crippen LogP contribution in [0.15, 0.2) is 6.07 Å². The number of benzene rings is 1. The first-order valence-corrected chi connectivity index (χ1v) is 7.03. The van der Waals surface area contributed by atoms with Gasteiger partial charge < -0.3 is 9.47 Å². The van der Waals surface area contributed by atoms with Crippen molar-refractivity contribution in [2.45, 2.75) is 25.3 Å². The number of alkyl halides is 3. The van der Waals surface area contributed by atoms with Crippen molar-refractivity contribution in [1.82, 2.24) is 0 Å². The first-order valence-electron chi connectivity index (χ1n) is 5.15. The van der Waals surface area contributed by atoms with Crippen LogP contribution in [0.3, 0.4) is 0 Å². The van der Waals surface area contributed by atoms with Gasteiger partial charge in [0.15, 0.2) is 11.5 Å². The normalized spacial score (nSPS) is 10.8. The summed E-state index contributed by atoms with van der Waals surface area (Å²) < 4.78 is 34.6. The molecule has 0 fully saturated rings. The van der Waals surface area contributed by atoms with E-state index in [1.807, 2.05) is 6.92 Å². The van der Waals surface area contributed by atoms with Crippen molar-refractivity contribution in [3.8, 4) is 11.5 Å². The second-order valence-corrected chi connectivity index (χ2v) is 4.68. The van der Waals surface area contributed by atoms with Crippen LogP contribution in [0.1, 0.15) is 18.9 Å². The number of hydrogen-bond donors (Lipinski definition) is 0. The van der Waals surface area contributed by atoms with Crippen LogP contribution in [0, 0.1) is 0 Å². The Morgan fingerprint density at radius 2 is 2.06 bits per heavy atom. The molecule has 0 unspecified atom stereocenters. The molecule has 0 saturated carbocycles. The predicted octanol–water partition coefficient (Wildman–Crippen LogP) is 5.28. The molecule has 18 heavy (non-hydrogen) atoms. The van der Waals surface area contributed by atoms with Gasteiger partial charge in [-0.1, -0.05) is 46.1 Å². The second kappa shape index (κ2) is 7.36. The highest BCUT2D eigenvalue weighted by atomic mass is 79.9. The van der Waals surface area contributed by atoms with Crippen molar-refractivity contribution in [3.63, 3.8) is 0 Å². The molecule has 0 saturated heterocycles. The van der Waals surface area contributed by atoms with Crippen LogP contribution < -0.4 is 9.47 Å². The predicted molar refractivity (Wildman–Crippen MR) is 71.5 cm³/mol. The molecular formula is C11H11BrCl2F2O2. The van der Waals surface area contributed by atoms with Gasteiger partial charge in [-0.3, -0.25) is 0 Å². The monoisotopic (exact) mass is 362 g/mol. The van der Waals surface area contributed by atoms with E-state index in [1.165, 1.54) is 6.07 Å². The van der Waals surface area contributed by atoms with E-state index in [9.17, 15) is 8.78 Å². The highest BCUT2D eigenvalue weighted by Gasteiger charge is 2.20. The largest absolute Gasteiger partial charge is 0.490 e. The summed E-state index contributed by atoms with van der Waals surface area (Å²) in [6, 6.07) is 1.38. The number of ether oxygens (including phenoxy) is 2. The zero-order valence-corrected chi connectivity index (χ0v) is 12.6. The van der Waals surface area contributed by atoms with Gasteiger partial charge in [-0.05, 0) is 6.42 Å². The summed E-state index contributed by atoms with van der Waals surface area (Å²) in [7, 11) is 0. The minimum Gasteiger partial charge on any atom is -0.490 e. The van der Waals surface area contributed by atoms with Crippen LogP contribution in [0.5, 0.6) is 11.5 Å². The van der Waals surface area contributed by atoms with Gasteiger partial charge in [0.2, 0.25) is 0 Å². The van der Waals surface area contributed by atoms with Crippen molar-refractivity contribution in [2.24, 2.45) is 0 Å². The molecule has 2 nitrogen and oxygen atoms in total. The smallest absolute Gasteiger partial charge is 0.387 e. The van der Waals surface area contributed by atoms with Crippen LogP contribution in [0.25, 0.3) is 0 Å². The Morgan fingerprint density at radius 1 is 1.39 bits per heavy atom. The summed E-state index contributed by atoms with van der Waals surface area (Å²) in [5, 5.41) is 0.642. The molecule has 0 heterocycles. The lowest BCUT2D eigenvalue weighted by Crippen LogP contribution is -2.07. The van der Waals surface area contributed by atoms with Gasteiger partial charge in [0.1, 0.15) is 0 Å². The Morgan fingerprint density at radius 3 is 2.56 bits per heavy atom. The maximum absolute atomic E-state index is 12.4. The maximum Gasteiger partial charge on any atom is 0.387 e. The molecule has 0 aliphatic carbocycles. The van der Waals surface area contributed by atoms with Gasteiger partial charge in [-0.25, -0.2) is 0 Å². The van der Waals surface area contributed by atoms with Crippen LogP contribution in [-0.2, 0) is 5.33 Å². The molecule has 0 aromatic heterocycles. The molecule has 0 atom stereocenters. The summed E-state index contributed by atoms with van der Waals surface area (Å²) >= 11 is 15.0. The third-order valence-electron chi connectivity index (χ3n) is 2.03. The fourth-order valence-corrected chi connectivity index (χ4v) is 2.41. The fourth-order valence-electron chi connectivity index (χ4n) is 1.29. The Labute approximate surface area is 122 Å². The summed E-state index contributed by atoms with van der Waals surface area (Å²) in [4.78, 5) is 0. The molecule has 0 N–H and O–H groups in total. The van der Waals surface area contributed by atoms with E-state index in [-0.39, 0.29) is 26.9 Å². The molecule has 0 aliphatic heterocycles. The Kier molecular flexibility index (Phi) is 6.46. The molecule has 1 rings (SSSR count). The summed E-state index contributed by atoms with van der Waals surface area (Å²) in [5.41, 5.74) is 0.343. The summed E-state index contributed by atoms with van der Waals surface area (Å²) in [6.07, 6.45) is 0.734. The highest BCUT2D eigenvalue weighted by molar-refractivity contribution is 9.08. The average Bonchev–Trinajstić information content (AvgIpc) is 2.31. The van der Waals surface area contributed by atoms with Crippen molar-refractivity contribution < 1.29 is 18.3 Å². The number of rotatable bonds is 6. The lowest BCUT2D eigenvalue weighted by molar-refractivity contribution is -0.0519. The third-order valence-corrected chi connectivity index (χ3v) is 3.42. The van der Waals surface area contributed by atoms with Crippen LogP contribution >= 0.6 is 39.1 Å². The van der Waals surface area contributed by atoms with Gasteiger partial charge in [0.25, 0.3) is 0 Å². The van der Waals surface area contributed by atoms with Crippen molar-refractivity contribution in [1.29, 1.82) is 0 Å². The van der Waals surface area contributed by atoms with E-state index in [0.29, 0.717) is 12.2 Å². The standard InChI is InChI=1S/C11H11BrCl2F2O2/c1-2-3-17-8-4-7(13)9(14)6(5-12)10(8)18-11(15)16/h4,11H,2-3,5H2,1H3. The molecular weight excluding hydrogens is 353 g/mol. The topological polar surface area (TPSA) is 18.5 Å². The molecule has 0 radical (unpaired) electrons. The minimum atomic E-state index is -2.95. The first-order chi connectivity index (χ1) is 8.51. The van der Waals surface area contributed by atoms with Crippen molar-refractivity contribution >= 4 is 39.1 Å². The lowest BCUT2D eigenvalue weighted by Gasteiger charge is -2.16. The molecule has 0 spiro atoms. The quantitative estimate of drug-likeness (QED) is 0.640. The van der Waals surface area contributed by atoms with Crippen LogP contribution in [-0.4, -0.2) is 13.2 Å². The van der Waals surface area contributed by atoms with Gasteiger partial charge in [-0.15, -0.1) is 0 Å². The van der Waals surface area contributed by atoms with Crippen molar-refractivity contribution in [3.05, 3.63) is 21.7 Å². The average molecular weight is 364 g/mol. The molecule has 0 amide bonds. The summed E-state index contributed by atoms with van der Waals surface area (Å²) in [6.45, 7) is -0.681. The molecule has 1 aromatic carbocycles. The van der Waals surface area contributed by atoms with Crippen LogP contribution in [0.4, 0.5) is 8.78 Å². The fraction of sp³-hybridized carbons (Fsp3) is 0.455. The third kappa shape index (κ3) is 3.87. The van der Waals surface area contributed by atoms with E-state index < -0.39 is 6.61 Å². The molecule has 1 aromatic rings. The van der Waals surface area contributed by atoms with E-state index in [1.54, 1.807) is 0 Å². The molecule has 7 heteroatoms. The lowest BCUT2D eigenvalue weighted by atomic mass is 10.2. The van der Waals surface area contributed by atoms with E-state index in [0.717, 1.165) is 6.42 Å². The van der Waals surface area contributed by atoms with Gasteiger partial charge >= 0.3 is 6.61 Å². The number of hydrogen-bond acceptors (Lipinski definition) is 2. The van der Waals surface area contributed by atoms with Crippen LogP contribution in [0.2, 0.25) is 10.0 Å². The minimum absolute atomic E-state index is 0.0790. The molecule has 0 bridgehead atoms. The van der Waals surface area contributed by atoms with Gasteiger partial charge in [0, 0.05) is 17.0 Å². The first kappa shape index (κ1) is 15.8. The zero-order chi connectivity index (χ0) is 13.7. The van der Waals surface area contributed by atoms with E-state index in [2.05, 4.69) is 20.7 Å². The number of halogens is 5. The van der Waals surface area contributed by atoms with E-state index >= 15 is 0 Å². The Bertz CT molecular complexity index is 417. The zero-order valence-electron chi connectivity index (χ0n) is 9.48. The van der Waals surface area contributed by atoms with Crippen molar-refractivity contribution in [2.75, 3.05) is 6.61 Å². The van der Waals surface area contributed by atoms with Gasteiger partial charge in [-0.2, -0.15) is 8.78 Å². The highest BCUT2D eigenvalue weighted by Crippen LogP contribution is 2.42. The molecule has 0 aliphatic rings.